The lowest BCUT2D eigenvalue weighted by atomic mass is 9.99. The summed E-state index contributed by atoms with van der Waals surface area (Å²) in [6.07, 6.45) is 0.181. The van der Waals surface area contributed by atoms with Crippen molar-refractivity contribution < 1.29 is 4.74 Å². The molecule has 2 aromatic rings. The van der Waals surface area contributed by atoms with Crippen LogP contribution in [0.2, 0.25) is 0 Å². The van der Waals surface area contributed by atoms with Crippen LogP contribution in [-0.4, -0.2) is 6.10 Å². The van der Waals surface area contributed by atoms with Crippen LogP contribution >= 0.6 is 22.6 Å². The Morgan fingerprint density at radius 1 is 1.05 bits per heavy atom. The van der Waals surface area contributed by atoms with Gasteiger partial charge in [-0.1, -0.05) is 24.3 Å². The van der Waals surface area contributed by atoms with Crippen LogP contribution < -0.4 is 16.0 Å². The lowest BCUT2D eigenvalue weighted by Gasteiger charge is -2.18. The third kappa shape index (κ3) is 3.94. The van der Waals surface area contributed by atoms with Crippen molar-refractivity contribution >= 4 is 22.6 Å². The molecule has 20 heavy (non-hydrogen) atoms. The fourth-order valence-corrected chi connectivity index (χ4v) is 2.65. The number of nitrogens with one attached hydrogen (secondary N) is 1. The van der Waals surface area contributed by atoms with E-state index in [9.17, 15) is 0 Å². The number of hydrogen-bond donors (Lipinski definition) is 2. The molecular weight excluding hydrogens is 363 g/mol. The van der Waals surface area contributed by atoms with Crippen molar-refractivity contribution in [2.75, 3.05) is 0 Å². The van der Waals surface area contributed by atoms with Crippen molar-refractivity contribution in [3.05, 3.63) is 63.2 Å². The second kappa shape index (κ2) is 7.06. The summed E-state index contributed by atoms with van der Waals surface area (Å²) in [5, 5.41) is 0. The van der Waals surface area contributed by atoms with E-state index in [4.69, 9.17) is 10.6 Å². The molecule has 2 aromatic carbocycles. The molecule has 0 saturated carbocycles. The molecule has 4 heteroatoms. The molecule has 0 bridgehead atoms. The average Bonchev–Trinajstić information content (AvgIpc) is 2.41. The maximum atomic E-state index is 5.72. The quantitative estimate of drug-likeness (QED) is 0.472. The lowest BCUT2D eigenvalue weighted by Crippen LogP contribution is -2.28. The van der Waals surface area contributed by atoms with Crippen LogP contribution in [0.5, 0.6) is 5.75 Å². The highest BCUT2D eigenvalue weighted by molar-refractivity contribution is 14.1. The van der Waals surface area contributed by atoms with Crippen molar-refractivity contribution in [1.29, 1.82) is 0 Å². The van der Waals surface area contributed by atoms with E-state index in [0.29, 0.717) is 0 Å². The van der Waals surface area contributed by atoms with Crippen LogP contribution in [0.1, 0.15) is 31.0 Å². The molecule has 2 rings (SSSR count). The molecule has 0 aliphatic rings. The highest BCUT2D eigenvalue weighted by Crippen LogP contribution is 2.25. The summed E-state index contributed by atoms with van der Waals surface area (Å²) in [6.45, 7) is 4.04. The maximum Gasteiger partial charge on any atom is 0.119 e. The second-order valence-corrected chi connectivity index (χ2v) is 6.14. The zero-order valence-corrected chi connectivity index (χ0v) is 13.8. The van der Waals surface area contributed by atoms with Gasteiger partial charge in [-0.3, -0.25) is 5.84 Å². The molecule has 0 amide bonds. The number of nitrogens with two attached hydrogens (primary N) is 1. The van der Waals surface area contributed by atoms with E-state index in [1.165, 1.54) is 3.57 Å². The normalized spacial score (nSPS) is 12.4. The standard InChI is InChI=1S/C16H19IN2O/c1-11(2)20-15-8-6-12(7-9-15)16(19-18)13-4-3-5-14(17)10-13/h3-11,16,19H,18H2,1-2H3. The van der Waals surface area contributed by atoms with E-state index < -0.39 is 0 Å². The predicted molar refractivity (Wildman–Crippen MR) is 90.5 cm³/mol. The van der Waals surface area contributed by atoms with Crippen LogP contribution in [0.15, 0.2) is 48.5 Å². The zero-order chi connectivity index (χ0) is 14.5. The number of ether oxygens (including phenoxy) is 1. The molecule has 0 aliphatic carbocycles. The Morgan fingerprint density at radius 3 is 2.30 bits per heavy atom. The fraction of sp³-hybridized carbons (Fsp3) is 0.250. The van der Waals surface area contributed by atoms with Crippen molar-refractivity contribution in [2.24, 2.45) is 5.84 Å². The van der Waals surface area contributed by atoms with E-state index in [1.54, 1.807) is 0 Å². The Labute approximate surface area is 133 Å². The first-order chi connectivity index (χ1) is 9.60. The van der Waals surface area contributed by atoms with Crippen molar-refractivity contribution in [3.63, 3.8) is 0 Å². The Bertz CT molecular complexity index is 555. The molecule has 0 heterocycles. The first kappa shape index (κ1) is 15.3. The molecule has 0 saturated heterocycles. The summed E-state index contributed by atoms with van der Waals surface area (Å²) in [4.78, 5) is 0. The summed E-state index contributed by atoms with van der Waals surface area (Å²) in [5.41, 5.74) is 5.14. The SMILES string of the molecule is CC(C)Oc1ccc(C(NN)c2cccc(I)c2)cc1. The van der Waals surface area contributed by atoms with Crippen LogP contribution in [0, 0.1) is 3.57 Å². The predicted octanol–water partition coefficient (Wildman–Crippen LogP) is 3.63. The van der Waals surface area contributed by atoms with Gasteiger partial charge in [0.25, 0.3) is 0 Å². The zero-order valence-electron chi connectivity index (χ0n) is 11.6. The summed E-state index contributed by atoms with van der Waals surface area (Å²) in [5.74, 6) is 6.60. The van der Waals surface area contributed by atoms with Gasteiger partial charge in [-0.2, -0.15) is 0 Å². The van der Waals surface area contributed by atoms with Gasteiger partial charge >= 0.3 is 0 Å². The summed E-state index contributed by atoms with van der Waals surface area (Å²) >= 11 is 2.30. The van der Waals surface area contributed by atoms with Gasteiger partial charge in [-0.15, -0.1) is 0 Å². The Hall–Kier alpha value is -1.11. The molecule has 0 fully saturated rings. The minimum absolute atomic E-state index is 0.0159. The van der Waals surface area contributed by atoms with E-state index in [1.807, 2.05) is 44.2 Å². The van der Waals surface area contributed by atoms with Crippen LogP contribution in [0.4, 0.5) is 0 Å². The van der Waals surface area contributed by atoms with Gasteiger partial charge in [0.1, 0.15) is 5.75 Å². The summed E-state index contributed by atoms with van der Waals surface area (Å²) < 4.78 is 6.85. The third-order valence-electron chi connectivity index (χ3n) is 2.93. The topological polar surface area (TPSA) is 47.3 Å². The smallest absolute Gasteiger partial charge is 0.119 e. The first-order valence-corrected chi connectivity index (χ1v) is 7.66. The van der Waals surface area contributed by atoms with Crippen molar-refractivity contribution in [1.82, 2.24) is 5.43 Å². The van der Waals surface area contributed by atoms with Gasteiger partial charge < -0.3 is 4.74 Å². The van der Waals surface area contributed by atoms with Crippen LogP contribution in [0.3, 0.4) is 0 Å². The number of benzene rings is 2. The van der Waals surface area contributed by atoms with Crippen LogP contribution in [0.25, 0.3) is 0 Å². The molecular formula is C16H19IN2O. The molecule has 3 N–H and O–H groups in total. The molecule has 0 aliphatic heterocycles. The van der Waals surface area contributed by atoms with Gasteiger partial charge in [-0.25, -0.2) is 5.43 Å². The molecule has 3 nitrogen and oxygen atoms in total. The van der Waals surface area contributed by atoms with Crippen molar-refractivity contribution in [3.8, 4) is 5.75 Å². The average molecular weight is 382 g/mol. The van der Waals surface area contributed by atoms with Gasteiger partial charge in [0.05, 0.1) is 12.1 Å². The summed E-state index contributed by atoms with van der Waals surface area (Å²) in [6, 6.07) is 16.3. The molecule has 1 unspecified atom stereocenters. The summed E-state index contributed by atoms with van der Waals surface area (Å²) in [7, 11) is 0. The Kier molecular flexibility index (Phi) is 5.39. The number of rotatable bonds is 5. The first-order valence-electron chi connectivity index (χ1n) is 6.58. The Morgan fingerprint density at radius 2 is 1.75 bits per heavy atom. The van der Waals surface area contributed by atoms with Gasteiger partial charge in [0.2, 0.25) is 0 Å². The van der Waals surface area contributed by atoms with Gasteiger partial charge in [0, 0.05) is 3.57 Å². The van der Waals surface area contributed by atoms with Gasteiger partial charge in [-0.05, 0) is 71.8 Å². The Balaban J connectivity index is 2.23. The van der Waals surface area contributed by atoms with E-state index in [0.717, 1.165) is 16.9 Å². The van der Waals surface area contributed by atoms with Crippen LogP contribution in [-0.2, 0) is 0 Å². The maximum absolute atomic E-state index is 5.72. The molecule has 0 radical (unpaired) electrons. The lowest BCUT2D eigenvalue weighted by molar-refractivity contribution is 0.242. The molecule has 0 spiro atoms. The highest BCUT2D eigenvalue weighted by atomic mass is 127. The molecule has 0 aromatic heterocycles. The van der Waals surface area contributed by atoms with E-state index in [-0.39, 0.29) is 12.1 Å². The van der Waals surface area contributed by atoms with Gasteiger partial charge in [0.15, 0.2) is 0 Å². The minimum Gasteiger partial charge on any atom is -0.491 e. The van der Waals surface area contributed by atoms with Crippen molar-refractivity contribution in [2.45, 2.75) is 26.0 Å². The minimum atomic E-state index is -0.0159. The third-order valence-corrected chi connectivity index (χ3v) is 3.60. The number of halogens is 1. The molecule has 1 atom stereocenters. The molecule has 106 valence electrons. The van der Waals surface area contributed by atoms with E-state index >= 15 is 0 Å². The monoisotopic (exact) mass is 382 g/mol. The number of hydrogen-bond acceptors (Lipinski definition) is 3. The van der Waals surface area contributed by atoms with E-state index in [2.05, 4.69) is 46.2 Å². The second-order valence-electron chi connectivity index (χ2n) is 4.89. The largest absolute Gasteiger partial charge is 0.491 e. The fourth-order valence-electron chi connectivity index (χ4n) is 2.08. The highest BCUT2D eigenvalue weighted by Gasteiger charge is 2.12. The number of hydrazine groups is 1.